The third-order valence-corrected chi connectivity index (χ3v) is 3.37. The van der Waals surface area contributed by atoms with E-state index in [-0.39, 0.29) is 0 Å². The van der Waals surface area contributed by atoms with E-state index in [1.165, 1.54) is 11.1 Å². The second-order valence-electron chi connectivity index (χ2n) is 4.86. The summed E-state index contributed by atoms with van der Waals surface area (Å²) >= 11 is 0. The van der Waals surface area contributed by atoms with Gasteiger partial charge in [0.25, 0.3) is 0 Å². The molecule has 2 heteroatoms. The molecule has 0 saturated heterocycles. The number of nitriles is 1. The first-order valence-electron chi connectivity index (χ1n) is 6.48. The Balaban J connectivity index is 2.19. The first kappa shape index (κ1) is 13.3. The standard InChI is InChI=1S/C17H18N2/c1-13-5-7-16(8-6-13)17(12-19)10-14-3-2-4-15(9-14)11-18/h2-9,17H,10,12,19H2,1H3. The Kier molecular flexibility index (Phi) is 4.33. The van der Waals surface area contributed by atoms with Crippen molar-refractivity contribution in [2.75, 3.05) is 6.54 Å². The molecule has 0 aliphatic carbocycles. The van der Waals surface area contributed by atoms with Crippen LogP contribution in [-0.4, -0.2) is 6.54 Å². The molecular formula is C17H18N2. The van der Waals surface area contributed by atoms with Crippen LogP contribution in [0.15, 0.2) is 48.5 Å². The minimum absolute atomic E-state index is 0.301. The van der Waals surface area contributed by atoms with E-state index in [1.807, 2.05) is 18.2 Å². The quantitative estimate of drug-likeness (QED) is 0.906. The van der Waals surface area contributed by atoms with Crippen molar-refractivity contribution in [1.82, 2.24) is 0 Å². The summed E-state index contributed by atoms with van der Waals surface area (Å²) in [6, 6.07) is 18.4. The van der Waals surface area contributed by atoms with Gasteiger partial charge in [-0.25, -0.2) is 0 Å². The highest BCUT2D eigenvalue weighted by atomic mass is 14.5. The summed E-state index contributed by atoms with van der Waals surface area (Å²) in [7, 11) is 0. The minimum atomic E-state index is 0.301. The number of nitrogens with two attached hydrogens (primary N) is 1. The van der Waals surface area contributed by atoms with E-state index in [0.717, 1.165) is 12.0 Å². The Morgan fingerprint density at radius 1 is 1.16 bits per heavy atom. The van der Waals surface area contributed by atoms with Crippen LogP contribution in [0.2, 0.25) is 0 Å². The van der Waals surface area contributed by atoms with Crippen LogP contribution in [0, 0.1) is 18.3 Å². The molecule has 0 heterocycles. The Hall–Kier alpha value is -2.11. The number of aryl methyl sites for hydroxylation is 1. The Morgan fingerprint density at radius 3 is 2.53 bits per heavy atom. The highest BCUT2D eigenvalue weighted by Crippen LogP contribution is 2.21. The lowest BCUT2D eigenvalue weighted by molar-refractivity contribution is 0.694. The predicted octanol–water partition coefficient (Wildman–Crippen LogP) is 3.15. The number of hydrogen-bond acceptors (Lipinski definition) is 2. The molecule has 0 aliphatic rings. The van der Waals surface area contributed by atoms with E-state index < -0.39 is 0 Å². The van der Waals surface area contributed by atoms with Gasteiger partial charge in [0.1, 0.15) is 0 Å². The van der Waals surface area contributed by atoms with Crippen LogP contribution in [0.25, 0.3) is 0 Å². The van der Waals surface area contributed by atoms with Crippen molar-refractivity contribution in [3.8, 4) is 6.07 Å². The SMILES string of the molecule is Cc1ccc(C(CN)Cc2cccc(C#N)c2)cc1. The van der Waals surface area contributed by atoms with Gasteiger partial charge in [-0.2, -0.15) is 5.26 Å². The third kappa shape index (κ3) is 3.43. The number of benzene rings is 2. The topological polar surface area (TPSA) is 49.8 Å². The zero-order chi connectivity index (χ0) is 13.7. The van der Waals surface area contributed by atoms with Crippen LogP contribution in [-0.2, 0) is 6.42 Å². The predicted molar refractivity (Wildman–Crippen MR) is 77.8 cm³/mol. The van der Waals surface area contributed by atoms with Gasteiger partial charge in [0.05, 0.1) is 11.6 Å². The maximum atomic E-state index is 8.93. The van der Waals surface area contributed by atoms with Gasteiger partial charge in [0.15, 0.2) is 0 Å². The molecule has 0 spiro atoms. The zero-order valence-electron chi connectivity index (χ0n) is 11.1. The number of hydrogen-bond donors (Lipinski definition) is 1. The van der Waals surface area contributed by atoms with Gasteiger partial charge in [-0.1, -0.05) is 42.0 Å². The largest absolute Gasteiger partial charge is 0.330 e. The van der Waals surface area contributed by atoms with Crippen molar-refractivity contribution in [1.29, 1.82) is 5.26 Å². The fourth-order valence-electron chi connectivity index (χ4n) is 2.23. The minimum Gasteiger partial charge on any atom is -0.330 e. The zero-order valence-corrected chi connectivity index (χ0v) is 11.1. The molecule has 1 atom stereocenters. The maximum Gasteiger partial charge on any atom is 0.0991 e. The first-order valence-corrected chi connectivity index (χ1v) is 6.48. The van der Waals surface area contributed by atoms with Crippen molar-refractivity contribution in [3.05, 3.63) is 70.8 Å². The van der Waals surface area contributed by atoms with E-state index in [1.54, 1.807) is 0 Å². The summed E-state index contributed by atoms with van der Waals surface area (Å²) in [6.07, 6.45) is 0.870. The molecule has 0 saturated carbocycles. The molecule has 0 aromatic heterocycles. The molecule has 0 aliphatic heterocycles. The van der Waals surface area contributed by atoms with Crippen LogP contribution in [0.1, 0.15) is 28.2 Å². The normalized spacial score (nSPS) is 11.8. The van der Waals surface area contributed by atoms with Crippen LogP contribution < -0.4 is 5.73 Å². The van der Waals surface area contributed by atoms with Crippen molar-refractivity contribution in [3.63, 3.8) is 0 Å². The second-order valence-corrected chi connectivity index (χ2v) is 4.86. The lowest BCUT2D eigenvalue weighted by Crippen LogP contribution is -2.15. The Bertz CT molecular complexity index is 579. The molecule has 1 unspecified atom stereocenters. The van der Waals surface area contributed by atoms with E-state index in [2.05, 4.69) is 43.3 Å². The smallest absolute Gasteiger partial charge is 0.0991 e. The fraction of sp³-hybridized carbons (Fsp3) is 0.235. The molecule has 2 rings (SSSR count). The van der Waals surface area contributed by atoms with Crippen LogP contribution in [0.5, 0.6) is 0 Å². The van der Waals surface area contributed by atoms with Gasteiger partial charge in [-0.3, -0.25) is 0 Å². The number of nitrogens with zero attached hydrogens (tertiary/aromatic N) is 1. The lowest BCUT2D eigenvalue weighted by atomic mass is 9.91. The summed E-state index contributed by atoms with van der Waals surface area (Å²) in [5.74, 6) is 0.301. The molecule has 19 heavy (non-hydrogen) atoms. The Labute approximate surface area is 114 Å². The van der Waals surface area contributed by atoms with Gasteiger partial charge in [-0.05, 0) is 43.1 Å². The van der Waals surface area contributed by atoms with E-state index in [4.69, 9.17) is 11.0 Å². The highest BCUT2D eigenvalue weighted by Gasteiger charge is 2.10. The molecule has 2 nitrogen and oxygen atoms in total. The third-order valence-electron chi connectivity index (χ3n) is 3.37. The molecule has 0 fully saturated rings. The Morgan fingerprint density at radius 2 is 1.89 bits per heavy atom. The summed E-state index contributed by atoms with van der Waals surface area (Å²) in [4.78, 5) is 0. The molecule has 0 amide bonds. The summed E-state index contributed by atoms with van der Waals surface area (Å²) in [5.41, 5.74) is 10.3. The van der Waals surface area contributed by atoms with Crippen LogP contribution in [0.4, 0.5) is 0 Å². The molecule has 0 radical (unpaired) electrons. The van der Waals surface area contributed by atoms with Crippen LogP contribution >= 0.6 is 0 Å². The molecule has 0 bridgehead atoms. The van der Waals surface area contributed by atoms with Crippen molar-refractivity contribution in [2.45, 2.75) is 19.3 Å². The van der Waals surface area contributed by atoms with Crippen molar-refractivity contribution in [2.24, 2.45) is 5.73 Å². The first-order chi connectivity index (χ1) is 9.22. The lowest BCUT2D eigenvalue weighted by Gasteiger charge is -2.15. The van der Waals surface area contributed by atoms with Crippen molar-refractivity contribution < 1.29 is 0 Å². The van der Waals surface area contributed by atoms with E-state index in [9.17, 15) is 0 Å². The average Bonchev–Trinajstić information content (AvgIpc) is 2.46. The summed E-state index contributed by atoms with van der Waals surface area (Å²) < 4.78 is 0. The monoisotopic (exact) mass is 250 g/mol. The van der Waals surface area contributed by atoms with Gasteiger partial charge < -0.3 is 5.73 Å². The number of rotatable bonds is 4. The molecule has 2 aromatic carbocycles. The van der Waals surface area contributed by atoms with Gasteiger partial charge in [0.2, 0.25) is 0 Å². The molecular weight excluding hydrogens is 232 g/mol. The molecule has 2 aromatic rings. The summed E-state index contributed by atoms with van der Waals surface area (Å²) in [6.45, 7) is 2.69. The average molecular weight is 250 g/mol. The summed E-state index contributed by atoms with van der Waals surface area (Å²) in [5, 5.41) is 8.93. The van der Waals surface area contributed by atoms with Gasteiger partial charge in [0, 0.05) is 5.92 Å². The maximum absolute atomic E-state index is 8.93. The van der Waals surface area contributed by atoms with Gasteiger partial charge >= 0.3 is 0 Å². The molecule has 96 valence electrons. The van der Waals surface area contributed by atoms with Crippen molar-refractivity contribution >= 4 is 0 Å². The fourth-order valence-corrected chi connectivity index (χ4v) is 2.23. The highest BCUT2D eigenvalue weighted by molar-refractivity contribution is 5.34. The second kappa shape index (κ2) is 6.17. The molecule has 2 N–H and O–H groups in total. The van der Waals surface area contributed by atoms with E-state index in [0.29, 0.717) is 18.0 Å². The van der Waals surface area contributed by atoms with Gasteiger partial charge in [-0.15, -0.1) is 0 Å². The van der Waals surface area contributed by atoms with Crippen LogP contribution in [0.3, 0.4) is 0 Å². The van der Waals surface area contributed by atoms with E-state index >= 15 is 0 Å².